The minimum Gasteiger partial charge on any atom is -0.497 e. The van der Waals surface area contributed by atoms with Crippen LogP contribution in [0.4, 0.5) is 0 Å². The van der Waals surface area contributed by atoms with Crippen LogP contribution in [-0.4, -0.2) is 27.3 Å². The molecule has 3 heteroatoms. The average Bonchev–Trinajstić information content (AvgIpc) is 2.47. The summed E-state index contributed by atoms with van der Waals surface area (Å²) in [5.41, 5.74) is 1.34. The topological polar surface area (TPSA) is 30.5 Å². The van der Waals surface area contributed by atoms with Gasteiger partial charge in [-0.1, -0.05) is 19.4 Å². The van der Waals surface area contributed by atoms with Crippen LogP contribution in [0.15, 0.2) is 18.2 Å². The SMILES string of the molecule is CCCC1CNCCC1c1ccc(OC)cc1OC. The normalized spacial score (nSPS) is 23.1. The lowest BCUT2D eigenvalue weighted by molar-refractivity contribution is 0.297. The third-order valence-electron chi connectivity index (χ3n) is 4.11. The Labute approximate surface area is 116 Å². The monoisotopic (exact) mass is 263 g/mol. The molecule has 0 radical (unpaired) electrons. The molecular weight excluding hydrogens is 238 g/mol. The van der Waals surface area contributed by atoms with Crippen LogP contribution in [0, 0.1) is 5.92 Å². The Morgan fingerprint density at radius 2 is 2.11 bits per heavy atom. The summed E-state index contributed by atoms with van der Waals surface area (Å²) in [7, 11) is 3.44. The molecule has 0 aliphatic carbocycles. The first-order chi connectivity index (χ1) is 9.30. The number of nitrogens with one attached hydrogen (secondary N) is 1. The highest BCUT2D eigenvalue weighted by Crippen LogP contribution is 2.39. The van der Waals surface area contributed by atoms with E-state index in [1.54, 1.807) is 14.2 Å². The van der Waals surface area contributed by atoms with Gasteiger partial charge in [0.05, 0.1) is 14.2 Å². The van der Waals surface area contributed by atoms with Crippen molar-refractivity contribution in [3.63, 3.8) is 0 Å². The number of hydrogen-bond acceptors (Lipinski definition) is 3. The van der Waals surface area contributed by atoms with E-state index in [1.165, 1.54) is 24.8 Å². The Balaban J connectivity index is 2.27. The van der Waals surface area contributed by atoms with Crippen molar-refractivity contribution >= 4 is 0 Å². The molecule has 0 saturated carbocycles. The zero-order valence-corrected chi connectivity index (χ0v) is 12.2. The lowest BCUT2D eigenvalue weighted by atomic mass is 9.78. The summed E-state index contributed by atoms with van der Waals surface area (Å²) >= 11 is 0. The van der Waals surface area contributed by atoms with E-state index in [1.807, 2.05) is 12.1 Å². The highest BCUT2D eigenvalue weighted by atomic mass is 16.5. The molecule has 106 valence electrons. The average molecular weight is 263 g/mol. The molecule has 3 nitrogen and oxygen atoms in total. The molecular formula is C16H25NO2. The van der Waals surface area contributed by atoms with Crippen LogP contribution < -0.4 is 14.8 Å². The van der Waals surface area contributed by atoms with Gasteiger partial charge < -0.3 is 14.8 Å². The molecule has 19 heavy (non-hydrogen) atoms. The van der Waals surface area contributed by atoms with Crippen LogP contribution in [0.25, 0.3) is 0 Å². The van der Waals surface area contributed by atoms with E-state index in [0.29, 0.717) is 11.8 Å². The van der Waals surface area contributed by atoms with Crippen molar-refractivity contribution in [1.82, 2.24) is 5.32 Å². The predicted molar refractivity (Wildman–Crippen MR) is 78.2 cm³/mol. The molecule has 1 aliphatic heterocycles. The largest absolute Gasteiger partial charge is 0.497 e. The van der Waals surface area contributed by atoms with E-state index < -0.39 is 0 Å². The molecule has 1 aromatic rings. The maximum atomic E-state index is 5.57. The Hall–Kier alpha value is -1.22. The van der Waals surface area contributed by atoms with Crippen molar-refractivity contribution in [2.45, 2.75) is 32.1 Å². The van der Waals surface area contributed by atoms with Gasteiger partial charge in [0, 0.05) is 6.07 Å². The maximum Gasteiger partial charge on any atom is 0.126 e. The molecule has 2 atom stereocenters. The van der Waals surface area contributed by atoms with Gasteiger partial charge in [0.15, 0.2) is 0 Å². The Kier molecular flexibility index (Phi) is 5.08. The van der Waals surface area contributed by atoms with Crippen LogP contribution in [0.1, 0.15) is 37.7 Å². The predicted octanol–water partition coefficient (Wildman–Crippen LogP) is 3.20. The molecule has 1 N–H and O–H groups in total. The van der Waals surface area contributed by atoms with Crippen molar-refractivity contribution in [3.05, 3.63) is 23.8 Å². The smallest absolute Gasteiger partial charge is 0.126 e. The molecule has 2 rings (SSSR count). The second-order valence-corrected chi connectivity index (χ2v) is 5.26. The number of methoxy groups -OCH3 is 2. The van der Waals surface area contributed by atoms with Gasteiger partial charge in [-0.05, 0) is 49.4 Å². The fourth-order valence-electron chi connectivity index (χ4n) is 3.13. The van der Waals surface area contributed by atoms with Gasteiger partial charge in [-0.2, -0.15) is 0 Å². The van der Waals surface area contributed by atoms with E-state index >= 15 is 0 Å². The van der Waals surface area contributed by atoms with Gasteiger partial charge in [-0.25, -0.2) is 0 Å². The van der Waals surface area contributed by atoms with Gasteiger partial charge in [-0.3, -0.25) is 0 Å². The molecule has 1 aliphatic rings. The van der Waals surface area contributed by atoms with Crippen LogP contribution in [0.5, 0.6) is 11.5 Å². The van der Waals surface area contributed by atoms with Crippen molar-refractivity contribution in [2.75, 3.05) is 27.3 Å². The molecule has 1 saturated heterocycles. The van der Waals surface area contributed by atoms with Gasteiger partial charge in [0.1, 0.15) is 11.5 Å². The molecule has 0 bridgehead atoms. The minimum atomic E-state index is 0.599. The fraction of sp³-hybridized carbons (Fsp3) is 0.625. The molecule has 1 fully saturated rings. The number of benzene rings is 1. The molecule has 2 unspecified atom stereocenters. The van der Waals surface area contributed by atoms with Crippen molar-refractivity contribution < 1.29 is 9.47 Å². The molecule has 0 amide bonds. The van der Waals surface area contributed by atoms with Crippen LogP contribution in [0.3, 0.4) is 0 Å². The quantitative estimate of drug-likeness (QED) is 0.885. The zero-order valence-electron chi connectivity index (χ0n) is 12.2. The summed E-state index contributed by atoms with van der Waals surface area (Å²) in [5.74, 6) is 3.14. The van der Waals surface area contributed by atoms with Crippen LogP contribution >= 0.6 is 0 Å². The minimum absolute atomic E-state index is 0.599. The summed E-state index contributed by atoms with van der Waals surface area (Å²) in [6.07, 6.45) is 3.70. The van der Waals surface area contributed by atoms with E-state index in [-0.39, 0.29) is 0 Å². The van der Waals surface area contributed by atoms with Crippen molar-refractivity contribution in [1.29, 1.82) is 0 Å². The second kappa shape index (κ2) is 6.80. The molecule has 0 spiro atoms. The van der Waals surface area contributed by atoms with Crippen molar-refractivity contribution in [3.8, 4) is 11.5 Å². The summed E-state index contributed by atoms with van der Waals surface area (Å²) in [4.78, 5) is 0. The van der Waals surface area contributed by atoms with Crippen LogP contribution in [-0.2, 0) is 0 Å². The summed E-state index contributed by atoms with van der Waals surface area (Å²) in [6, 6.07) is 6.22. The first-order valence-corrected chi connectivity index (χ1v) is 7.22. The summed E-state index contributed by atoms with van der Waals surface area (Å²) in [5, 5.41) is 3.51. The number of hydrogen-bond donors (Lipinski definition) is 1. The summed E-state index contributed by atoms with van der Waals surface area (Å²) in [6.45, 7) is 4.48. The summed E-state index contributed by atoms with van der Waals surface area (Å²) < 4.78 is 10.8. The molecule has 1 aromatic carbocycles. The van der Waals surface area contributed by atoms with Crippen LogP contribution in [0.2, 0.25) is 0 Å². The molecule has 0 aromatic heterocycles. The maximum absolute atomic E-state index is 5.57. The molecule has 1 heterocycles. The van der Waals surface area contributed by atoms with Gasteiger partial charge >= 0.3 is 0 Å². The lowest BCUT2D eigenvalue weighted by Gasteiger charge is -2.33. The number of rotatable bonds is 5. The van der Waals surface area contributed by atoms with Gasteiger partial charge in [0.25, 0.3) is 0 Å². The second-order valence-electron chi connectivity index (χ2n) is 5.26. The lowest BCUT2D eigenvalue weighted by Crippen LogP contribution is -2.35. The Morgan fingerprint density at radius 1 is 1.26 bits per heavy atom. The third-order valence-corrected chi connectivity index (χ3v) is 4.11. The van der Waals surface area contributed by atoms with Gasteiger partial charge in [0.2, 0.25) is 0 Å². The zero-order chi connectivity index (χ0) is 13.7. The highest BCUT2D eigenvalue weighted by Gasteiger charge is 2.27. The Morgan fingerprint density at radius 3 is 2.79 bits per heavy atom. The number of ether oxygens (including phenoxy) is 2. The first kappa shape index (κ1) is 14.2. The first-order valence-electron chi connectivity index (χ1n) is 7.22. The Bertz CT molecular complexity index is 404. The van der Waals surface area contributed by atoms with Crippen molar-refractivity contribution in [2.24, 2.45) is 5.92 Å². The highest BCUT2D eigenvalue weighted by molar-refractivity contribution is 5.43. The van der Waals surface area contributed by atoms with E-state index in [4.69, 9.17) is 9.47 Å². The van der Waals surface area contributed by atoms with E-state index in [2.05, 4.69) is 18.3 Å². The standard InChI is InChI=1S/C16H25NO2/c1-4-5-12-11-17-9-8-14(12)15-7-6-13(18-2)10-16(15)19-3/h6-7,10,12,14,17H,4-5,8-9,11H2,1-3H3. The number of piperidine rings is 1. The fourth-order valence-corrected chi connectivity index (χ4v) is 3.13. The van der Waals surface area contributed by atoms with Gasteiger partial charge in [-0.15, -0.1) is 0 Å². The van der Waals surface area contributed by atoms with E-state index in [9.17, 15) is 0 Å². The van der Waals surface area contributed by atoms with E-state index in [0.717, 1.165) is 24.6 Å². The third kappa shape index (κ3) is 3.21.